The van der Waals surface area contributed by atoms with Gasteiger partial charge in [0.15, 0.2) is 0 Å². The Morgan fingerprint density at radius 1 is 1.67 bits per heavy atom. The van der Waals surface area contributed by atoms with Gasteiger partial charge in [-0.3, -0.25) is 0 Å². The Kier molecular flexibility index (Phi) is 2.91. The highest BCUT2D eigenvalue weighted by Gasteiger charge is 2.24. The third-order valence-electron chi connectivity index (χ3n) is 2.49. The summed E-state index contributed by atoms with van der Waals surface area (Å²) in [7, 11) is 0. The van der Waals surface area contributed by atoms with Crippen molar-refractivity contribution in [1.82, 2.24) is 4.90 Å². The monoisotopic (exact) mass is 168 g/mol. The van der Waals surface area contributed by atoms with Crippen LogP contribution in [0.1, 0.15) is 20.3 Å². The van der Waals surface area contributed by atoms with E-state index in [1.807, 2.05) is 6.08 Å². The molecule has 0 bridgehead atoms. The predicted octanol–water partition coefficient (Wildman–Crippen LogP) is 1.23. The fourth-order valence-corrected chi connectivity index (χ4v) is 1.65. The van der Waals surface area contributed by atoms with Crippen LogP contribution in [0, 0.1) is 5.41 Å². The lowest BCUT2D eigenvalue weighted by atomic mass is 9.93. The Balaban J connectivity index is 2.36. The van der Waals surface area contributed by atoms with E-state index in [2.05, 4.69) is 25.3 Å². The van der Waals surface area contributed by atoms with E-state index in [-0.39, 0.29) is 5.41 Å². The molecule has 1 aliphatic rings. The van der Waals surface area contributed by atoms with Crippen molar-refractivity contribution in [3.63, 3.8) is 0 Å². The molecular weight excluding hydrogens is 148 g/mol. The lowest BCUT2D eigenvalue weighted by Gasteiger charge is -2.26. The molecule has 2 nitrogen and oxygen atoms in total. The predicted molar refractivity (Wildman–Crippen MR) is 53.0 cm³/mol. The average molecular weight is 168 g/mol. The van der Waals surface area contributed by atoms with E-state index < -0.39 is 0 Å². The smallest absolute Gasteiger partial charge is 0.0180 e. The summed E-state index contributed by atoms with van der Waals surface area (Å²) >= 11 is 0. The highest BCUT2D eigenvalue weighted by atomic mass is 15.2. The first-order chi connectivity index (χ1) is 5.53. The molecule has 0 aromatic heterocycles. The second kappa shape index (κ2) is 3.58. The first-order valence-corrected chi connectivity index (χ1v) is 4.65. The molecule has 1 aliphatic heterocycles. The van der Waals surface area contributed by atoms with Gasteiger partial charge in [0.25, 0.3) is 0 Å². The molecule has 0 spiro atoms. The molecule has 0 aromatic carbocycles. The molecule has 70 valence electrons. The molecule has 0 saturated carbocycles. The van der Waals surface area contributed by atoms with Gasteiger partial charge in [0.2, 0.25) is 0 Å². The Hall–Kier alpha value is -0.340. The number of hydrogen-bond acceptors (Lipinski definition) is 2. The van der Waals surface area contributed by atoms with Crippen LogP contribution in [-0.4, -0.2) is 30.6 Å². The van der Waals surface area contributed by atoms with E-state index in [0.29, 0.717) is 6.04 Å². The average Bonchev–Trinajstić information content (AvgIpc) is 2.35. The molecule has 12 heavy (non-hydrogen) atoms. The van der Waals surface area contributed by atoms with Gasteiger partial charge in [0, 0.05) is 19.1 Å². The Bertz CT molecular complexity index is 163. The largest absolute Gasteiger partial charge is 0.326 e. The molecule has 1 saturated heterocycles. The minimum atomic E-state index is 0.226. The number of hydrogen-bond donors (Lipinski definition) is 1. The maximum absolute atomic E-state index is 5.82. The number of likely N-dealkylation sites (tertiary alicyclic amines) is 1. The van der Waals surface area contributed by atoms with Crippen molar-refractivity contribution in [3.8, 4) is 0 Å². The van der Waals surface area contributed by atoms with Crippen LogP contribution in [0.3, 0.4) is 0 Å². The van der Waals surface area contributed by atoms with Crippen LogP contribution in [0.5, 0.6) is 0 Å². The van der Waals surface area contributed by atoms with Crippen molar-refractivity contribution in [2.45, 2.75) is 26.3 Å². The van der Waals surface area contributed by atoms with Crippen LogP contribution in [-0.2, 0) is 0 Å². The molecule has 0 aliphatic carbocycles. The summed E-state index contributed by atoms with van der Waals surface area (Å²) < 4.78 is 0. The lowest BCUT2D eigenvalue weighted by molar-refractivity contribution is 0.249. The van der Waals surface area contributed by atoms with E-state index in [0.717, 1.165) is 26.1 Å². The quantitative estimate of drug-likeness (QED) is 0.642. The van der Waals surface area contributed by atoms with E-state index >= 15 is 0 Å². The number of nitrogens with two attached hydrogens (primary N) is 1. The van der Waals surface area contributed by atoms with Crippen molar-refractivity contribution in [3.05, 3.63) is 12.7 Å². The van der Waals surface area contributed by atoms with Gasteiger partial charge in [-0.2, -0.15) is 0 Å². The first-order valence-electron chi connectivity index (χ1n) is 4.65. The molecule has 1 unspecified atom stereocenters. The second-order valence-corrected chi connectivity index (χ2v) is 4.48. The Morgan fingerprint density at radius 3 is 2.75 bits per heavy atom. The minimum absolute atomic E-state index is 0.226. The molecular formula is C10H20N2. The topological polar surface area (TPSA) is 29.3 Å². The Labute approximate surface area is 75.4 Å². The lowest BCUT2D eigenvalue weighted by Crippen LogP contribution is -2.33. The summed E-state index contributed by atoms with van der Waals surface area (Å²) in [5, 5.41) is 0. The van der Waals surface area contributed by atoms with E-state index in [9.17, 15) is 0 Å². The molecule has 1 atom stereocenters. The summed E-state index contributed by atoms with van der Waals surface area (Å²) in [6.45, 7) is 11.6. The van der Waals surface area contributed by atoms with Crippen molar-refractivity contribution in [2.24, 2.45) is 11.1 Å². The molecule has 0 radical (unpaired) electrons. The normalized spacial score (nSPS) is 26.1. The molecule has 1 fully saturated rings. The molecule has 2 heteroatoms. The van der Waals surface area contributed by atoms with Gasteiger partial charge in [-0.15, -0.1) is 6.58 Å². The van der Waals surface area contributed by atoms with Crippen LogP contribution in [0.25, 0.3) is 0 Å². The van der Waals surface area contributed by atoms with Gasteiger partial charge in [-0.25, -0.2) is 0 Å². The fourth-order valence-electron chi connectivity index (χ4n) is 1.65. The highest BCUT2D eigenvalue weighted by molar-refractivity contribution is 4.92. The zero-order chi connectivity index (χ0) is 9.19. The van der Waals surface area contributed by atoms with Crippen molar-refractivity contribution >= 4 is 0 Å². The fraction of sp³-hybridized carbons (Fsp3) is 0.800. The van der Waals surface area contributed by atoms with Crippen LogP contribution in [0.2, 0.25) is 0 Å². The van der Waals surface area contributed by atoms with E-state index in [1.165, 1.54) is 0 Å². The van der Waals surface area contributed by atoms with Crippen molar-refractivity contribution in [1.29, 1.82) is 0 Å². The molecule has 0 aromatic rings. The minimum Gasteiger partial charge on any atom is -0.326 e. The van der Waals surface area contributed by atoms with Gasteiger partial charge in [-0.1, -0.05) is 19.9 Å². The maximum atomic E-state index is 5.82. The summed E-state index contributed by atoms with van der Waals surface area (Å²) in [5.41, 5.74) is 6.04. The first kappa shape index (κ1) is 9.75. The van der Waals surface area contributed by atoms with Crippen molar-refractivity contribution < 1.29 is 0 Å². The zero-order valence-corrected chi connectivity index (χ0v) is 8.21. The second-order valence-electron chi connectivity index (χ2n) is 4.48. The van der Waals surface area contributed by atoms with Crippen molar-refractivity contribution in [2.75, 3.05) is 19.6 Å². The van der Waals surface area contributed by atoms with E-state index in [1.54, 1.807) is 0 Å². The summed E-state index contributed by atoms with van der Waals surface area (Å²) in [6.07, 6.45) is 3.17. The molecule has 0 amide bonds. The van der Waals surface area contributed by atoms with Crippen LogP contribution < -0.4 is 5.73 Å². The maximum Gasteiger partial charge on any atom is 0.0180 e. The summed E-state index contributed by atoms with van der Waals surface area (Å²) in [5.74, 6) is 0. The molecule has 1 heterocycles. The highest BCUT2D eigenvalue weighted by Crippen LogP contribution is 2.20. The SMILES string of the molecule is C=CC(C)(C)CN1CCC(N)C1. The number of nitrogens with zero attached hydrogens (tertiary/aromatic N) is 1. The van der Waals surface area contributed by atoms with Gasteiger partial charge in [0.1, 0.15) is 0 Å². The van der Waals surface area contributed by atoms with Gasteiger partial charge in [0.05, 0.1) is 0 Å². The Morgan fingerprint density at radius 2 is 2.33 bits per heavy atom. The van der Waals surface area contributed by atoms with Gasteiger partial charge < -0.3 is 10.6 Å². The van der Waals surface area contributed by atoms with Crippen LogP contribution >= 0.6 is 0 Å². The van der Waals surface area contributed by atoms with Crippen LogP contribution in [0.4, 0.5) is 0 Å². The third-order valence-corrected chi connectivity index (χ3v) is 2.49. The summed E-state index contributed by atoms with van der Waals surface area (Å²) in [4.78, 5) is 2.42. The van der Waals surface area contributed by atoms with E-state index in [4.69, 9.17) is 5.73 Å². The standard InChI is InChI=1S/C10H20N2/c1-4-10(2,3)8-12-6-5-9(11)7-12/h4,9H,1,5-8,11H2,2-3H3. The molecule has 1 rings (SSSR count). The zero-order valence-electron chi connectivity index (χ0n) is 8.21. The van der Waals surface area contributed by atoms with Gasteiger partial charge >= 0.3 is 0 Å². The number of rotatable bonds is 3. The van der Waals surface area contributed by atoms with Crippen LogP contribution in [0.15, 0.2) is 12.7 Å². The summed E-state index contributed by atoms with van der Waals surface area (Å²) in [6, 6.07) is 0.394. The third kappa shape index (κ3) is 2.61. The molecule has 2 N–H and O–H groups in total. The van der Waals surface area contributed by atoms with Gasteiger partial charge in [-0.05, 0) is 18.4 Å².